The summed E-state index contributed by atoms with van der Waals surface area (Å²) < 4.78 is 28.8. The summed E-state index contributed by atoms with van der Waals surface area (Å²) in [6.45, 7) is 7.13. The van der Waals surface area contributed by atoms with Gasteiger partial charge in [-0.3, -0.25) is 5.41 Å². The zero-order valence-electron chi connectivity index (χ0n) is 22.1. The number of sulfonamides is 1. The molecular weight excluding hydrogens is 468 g/mol. The molecule has 0 radical (unpaired) electrons. The van der Waals surface area contributed by atoms with Crippen molar-refractivity contribution in [2.75, 3.05) is 25.4 Å². The number of aryl methyl sites for hydroxylation is 1. The second-order valence-corrected chi connectivity index (χ2v) is 12.4. The fraction of sp³-hybridized carbons (Fsp3) is 0.552. The number of nitrogens with zero attached hydrogens (tertiary/aromatic N) is 1. The van der Waals surface area contributed by atoms with E-state index < -0.39 is 10.0 Å². The van der Waals surface area contributed by atoms with E-state index >= 15 is 0 Å². The molecule has 0 atom stereocenters. The van der Waals surface area contributed by atoms with Gasteiger partial charge in [0.2, 0.25) is 10.0 Å². The van der Waals surface area contributed by atoms with Crippen molar-refractivity contribution in [1.29, 1.82) is 5.41 Å². The number of unbranched alkanes of at least 4 members (excludes halogenated alkanes) is 5. The molecule has 0 aromatic heterocycles. The second-order valence-electron chi connectivity index (χ2n) is 10.3. The van der Waals surface area contributed by atoms with Crippen molar-refractivity contribution in [2.45, 2.75) is 71.8 Å². The predicted molar refractivity (Wildman–Crippen MR) is 151 cm³/mol. The Kier molecular flexibility index (Phi) is 11.0. The molecular formula is C29H44N4O2S. The van der Waals surface area contributed by atoms with E-state index in [-0.39, 0.29) is 11.6 Å². The summed E-state index contributed by atoms with van der Waals surface area (Å²) in [5.74, 6) is 0.657. The van der Waals surface area contributed by atoms with Crippen molar-refractivity contribution >= 4 is 15.9 Å². The zero-order chi connectivity index (χ0) is 26.0. The molecule has 1 aliphatic rings. The third kappa shape index (κ3) is 8.71. The van der Waals surface area contributed by atoms with Crippen molar-refractivity contribution < 1.29 is 8.42 Å². The first kappa shape index (κ1) is 28.4. The molecule has 1 fully saturated rings. The predicted octanol–water partition coefficient (Wildman–Crippen LogP) is 5.44. The quantitative estimate of drug-likeness (QED) is 0.178. The van der Waals surface area contributed by atoms with Crippen molar-refractivity contribution in [3.05, 3.63) is 59.2 Å². The first-order valence-corrected chi connectivity index (χ1v) is 15.1. The van der Waals surface area contributed by atoms with Gasteiger partial charge in [-0.15, -0.1) is 0 Å². The van der Waals surface area contributed by atoms with Crippen molar-refractivity contribution in [1.82, 2.24) is 9.62 Å². The molecule has 1 heterocycles. The number of nitrogen functional groups attached to an aromatic ring is 1. The van der Waals surface area contributed by atoms with Gasteiger partial charge in [0.25, 0.3) is 0 Å². The Morgan fingerprint density at radius 3 is 2.47 bits per heavy atom. The Balaban J connectivity index is 1.79. The van der Waals surface area contributed by atoms with Gasteiger partial charge < -0.3 is 11.1 Å². The van der Waals surface area contributed by atoms with Crippen LogP contribution in [0, 0.1) is 18.3 Å². The number of hydrogen-bond acceptors (Lipinski definition) is 4. The van der Waals surface area contributed by atoms with E-state index in [9.17, 15) is 8.42 Å². The third-order valence-corrected chi connectivity index (χ3v) is 8.94. The van der Waals surface area contributed by atoms with E-state index in [1.165, 1.54) is 19.3 Å². The van der Waals surface area contributed by atoms with Crippen molar-refractivity contribution in [3.8, 4) is 11.1 Å². The smallest absolute Gasteiger partial charge is 0.214 e. The summed E-state index contributed by atoms with van der Waals surface area (Å²) in [6, 6.07) is 13.9. The van der Waals surface area contributed by atoms with Crippen molar-refractivity contribution in [2.24, 2.45) is 11.7 Å². The Morgan fingerprint density at radius 2 is 1.75 bits per heavy atom. The molecule has 3 rings (SSSR count). The number of rotatable bonds is 14. The highest BCUT2D eigenvalue weighted by atomic mass is 32.2. The SMILES string of the molecule is CCCCCCCCS(=O)(=O)N(Cc1cc(C)cc(-c2cccc(C(=N)N)c2)c1)CC1CCNCC1. The minimum absolute atomic E-state index is 0.0404. The van der Waals surface area contributed by atoms with Gasteiger partial charge in [0.15, 0.2) is 0 Å². The number of amidine groups is 1. The van der Waals surface area contributed by atoms with Crippen LogP contribution in [0.3, 0.4) is 0 Å². The molecule has 0 spiro atoms. The number of piperidine rings is 1. The maximum Gasteiger partial charge on any atom is 0.214 e. The molecule has 0 bridgehead atoms. The summed E-state index contributed by atoms with van der Waals surface area (Å²) >= 11 is 0. The molecule has 1 saturated heterocycles. The molecule has 0 amide bonds. The van der Waals surface area contributed by atoms with Gasteiger partial charge in [0, 0.05) is 18.7 Å². The normalized spacial score (nSPS) is 14.9. The molecule has 6 nitrogen and oxygen atoms in total. The van der Waals surface area contributed by atoms with Crippen LogP contribution in [-0.4, -0.2) is 43.9 Å². The van der Waals surface area contributed by atoms with Gasteiger partial charge in [0.05, 0.1) is 5.75 Å². The van der Waals surface area contributed by atoms with Gasteiger partial charge in [-0.2, -0.15) is 4.31 Å². The average Bonchev–Trinajstić information content (AvgIpc) is 2.86. The van der Waals surface area contributed by atoms with Crippen LogP contribution in [0.2, 0.25) is 0 Å². The lowest BCUT2D eigenvalue weighted by Gasteiger charge is -2.30. The highest BCUT2D eigenvalue weighted by Crippen LogP contribution is 2.26. The van der Waals surface area contributed by atoms with E-state index in [2.05, 4.69) is 30.4 Å². The van der Waals surface area contributed by atoms with E-state index in [0.29, 0.717) is 24.6 Å². The maximum atomic E-state index is 13.5. The van der Waals surface area contributed by atoms with Gasteiger partial charge >= 0.3 is 0 Å². The van der Waals surface area contributed by atoms with Crippen LogP contribution in [0.5, 0.6) is 0 Å². The Bertz CT molecular complexity index is 1090. The van der Waals surface area contributed by atoms with Gasteiger partial charge in [-0.1, -0.05) is 74.9 Å². The zero-order valence-corrected chi connectivity index (χ0v) is 22.9. The summed E-state index contributed by atoms with van der Waals surface area (Å²) in [4.78, 5) is 0. The molecule has 7 heteroatoms. The molecule has 0 aliphatic carbocycles. The summed E-state index contributed by atoms with van der Waals surface area (Å²) in [6.07, 6.45) is 8.44. The largest absolute Gasteiger partial charge is 0.384 e. The number of benzene rings is 2. The molecule has 4 N–H and O–H groups in total. The summed E-state index contributed by atoms with van der Waals surface area (Å²) in [5, 5.41) is 11.2. The molecule has 2 aromatic rings. The first-order valence-electron chi connectivity index (χ1n) is 13.5. The topological polar surface area (TPSA) is 99.3 Å². The molecule has 1 aliphatic heterocycles. The maximum absolute atomic E-state index is 13.5. The fourth-order valence-electron chi connectivity index (χ4n) is 5.01. The molecule has 0 unspecified atom stereocenters. The molecule has 2 aromatic carbocycles. The fourth-order valence-corrected chi connectivity index (χ4v) is 6.62. The van der Waals surface area contributed by atoms with E-state index in [4.69, 9.17) is 11.1 Å². The van der Waals surface area contributed by atoms with E-state index in [0.717, 1.165) is 67.4 Å². The lowest BCUT2D eigenvalue weighted by Crippen LogP contribution is -2.40. The van der Waals surface area contributed by atoms with Gasteiger partial charge in [-0.05, 0) is 74.0 Å². The summed E-state index contributed by atoms with van der Waals surface area (Å²) in [5.41, 5.74) is 10.5. The van der Waals surface area contributed by atoms with Crippen LogP contribution < -0.4 is 11.1 Å². The molecule has 198 valence electrons. The van der Waals surface area contributed by atoms with Crippen molar-refractivity contribution in [3.63, 3.8) is 0 Å². The standard InChI is InChI=1S/C29H44N4O2S/c1-3-4-5-6-7-8-16-36(34,35)33(21-24-12-14-32-15-13-24)22-25-17-23(2)18-28(19-25)26-10-9-11-27(20-26)29(30)31/h9-11,17-20,24,32H,3-8,12-16,21-22H2,1-2H3,(H3,30,31). The summed E-state index contributed by atoms with van der Waals surface area (Å²) in [7, 11) is -3.35. The lowest BCUT2D eigenvalue weighted by atomic mass is 9.97. The van der Waals surface area contributed by atoms with Crippen LogP contribution in [0.25, 0.3) is 11.1 Å². The molecule has 0 saturated carbocycles. The van der Waals surface area contributed by atoms with Crippen LogP contribution in [-0.2, 0) is 16.6 Å². The Hall–Kier alpha value is -2.22. The molecule has 36 heavy (non-hydrogen) atoms. The van der Waals surface area contributed by atoms with Crippen LogP contribution in [0.4, 0.5) is 0 Å². The van der Waals surface area contributed by atoms with Crippen LogP contribution in [0.15, 0.2) is 42.5 Å². The minimum atomic E-state index is -3.35. The number of hydrogen-bond donors (Lipinski definition) is 3. The third-order valence-electron chi connectivity index (χ3n) is 7.07. The average molecular weight is 513 g/mol. The second kappa shape index (κ2) is 13.9. The minimum Gasteiger partial charge on any atom is -0.384 e. The first-order chi connectivity index (χ1) is 17.3. The van der Waals surface area contributed by atoms with Crippen LogP contribution >= 0.6 is 0 Å². The van der Waals surface area contributed by atoms with Gasteiger partial charge in [0.1, 0.15) is 5.84 Å². The van der Waals surface area contributed by atoms with E-state index in [1.54, 1.807) is 4.31 Å². The Morgan fingerprint density at radius 1 is 1.03 bits per heavy atom. The van der Waals surface area contributed by atoms with Crippen LogP contribution in [0.1, 0.15) is 75.0 Å². The number of nitrogens with one attached hydrogen (secondary N) is 2. The highest BCUT2D eigenvalue weighted by molar-refractivity contribution is 7.89. The lowest BCUT2D eigenvalue weighted by molar-refractivity contribution is 0.284. The number of nitrogens with two attached hydrogens (primary N) is 1. The Labute approximate surface area is 218 Å². The van der Waals surface area contributed by atoms with Gasteiger partial charge in [-0.25, -0.2) is 8.42 Å². The highest BCUT2D eigenvalue weighted by Gasteiger charge is 2.26. The van der Waals surface area contributed by atoms with E-state index in [1.807, 2.05) is 31.2 Å². The monoisotopic (exact) mass is 512 g/mol.